The zero-order valence-corrected chi connectivity index (χ0v) is 36.3. The summed E-state index contributed by atoms with van der Waals surface area (Å²) in [5.41, 5.74) is -2.91. The van der Waals surface area contributed by atoms with Crippen LogP contribution in [0.2, 0.25) is 0 Å². The second kappa shape index (κ2) is 14.1. The highest BCUT2D eigenvalue weighted by molar-refractivity contribution is 5.91. The molecule has 0 unspecified atom stereocenters. The molecule has 16 nitrogen and oxygen atoms in total. The van der Waals surface area contributed by atoms with Gasteiger partial charge in [0.2, 0.25) is 17.7 Å². The number of hydrogen-bond acceptors (Lipinski definition) is 13. The Bertz CT molecular complexity index is 2860. The second-order valence-electron chi connectivity index (χ2n) is 18.2. The van der Waals surface area contributed by atoms with E-state index in [1.165, 1.54) is 89.0 Å². The van der Waals surface area contributed by atoms with Crippen LogP contribution < -0.4 is 33.3 Å². The molecule has 2 saturated heterocycles. The molecule has 0 aromatic carbocycles. The van der Waals surface area contributed by atoms with Gasteiger partial charge < -0.3 is 28.7 Å². The molecule has 0 bridgehead atoms. The average Bonchev–Trinajstić information content (AvgIpc) is 4.19. The van der Waals surface area contributed by atoms with E-state index in [9.17, 15) is 0 Å². The Morgan fingerprint density at radius 1 is 0.688 bits per heavy atom. The van der Waals surface area contributed by atoms with Crippen LogP contribution in [0, 0.1) is 22.7 Å². The number of methoxy groups -OCH3 is 4. The number of imidazole rings is 2. The molecule has 4 fully saturated rings. The molecule has 4 aliphatic rings. The first-order chi connectivity index (χ1) is 30.3. The fraction of sp³-hybridized carbons (Fsp3) is 0.524. The Morgan fingerprint density at radius 2 is 1.25 bits per heavy atom. The van der Waals surface area contributed by atoms with Crippen LogP contribution >= 0.6 is 0 Å². The molecule has 2 aliphatic heterocycles. The molecule has 8 heterocycles. The van der Waals surface area contributed by atoms with Gasteiger partial charge in [0, 0.05) is 54.2 Å². The van der Waals surface area contributed by atoms with Crippen molar-refractivity contribution in [2.45, 2.75) is 77.1 Å². The summed E-state index contributed by atoms with van der Waals surface area (Å²) in [6.07, 6.45) is 5.02. The summed E-state index contributed by atoms with van der Waals surface area (Å²) in [5, 5.41) is 9.63. The fourth-order valence-corrected chi connectivity index (χ4v) is 8.85. The quantitative estimate of drug-likeness (QED) is 0.102. The number of hydrogen-bond donors (Lipinski definition) is 0. The predicted molar refractivity (Wildman–Crippen MR) is 217 cm³/mol. The smallest absolute Gasteiger partial charge is 0.347 e. The molecule has 0 amide bonds. The van der Waals surface area contributed by atoms with Crippen molar-refractivity contribution in [3.8, 4) is 52.0 Å². The van der Waals surface area contributed by atoms with Crippen LogP contribution in [0.3, 0.4) is 0 Å². The van der Waals surface area contributed by atoms with Gasteiger partial charge in [-0.1, -0.05) is 37.3 Å². The predicted octanol–water partition coefficient (Wildman–Crippen LogP) is 6.60. The van der Waals surface area contributed by atoms with Crippen LogP contribution in [0.5, 0.6) is 23.8 Å². The number of fused-ring (bicyclic) bond motifs is 2. The van der Waals surface area contributed by atoms with Crippen LogP contribution in [0.15, 0.2) is 18.5 Å². The maximum absolute atomic E-state index is 18.0. The van der Waals surface area contributed by atoms with E-state index in [1.54, 1.807) is 0 Å². The Balaban J connectivity index is 1.39. The molecule has 2 aliphatic carbocycles. The third kappa shape index (κ3) is 6.24. The molecule has 6 aromatic rings. The van der Waals surface area contributed by atoms with Crippen molar-refractivity contribution >= 4 is 22.7 Å². The van der Waals surface area contributed by atoms with Gasteiger partial charge in [0.25, 0.3) is 11.8 Å². The van der Waals surface area contributed by atoms with Crippen molar-refractivity contribution in [1.82, 2.24) is 44.2 Å². The van der Waals surface area contributed by atoms with Crippen molar-refractivity contribution in [2.75, 3.05) is 64.4 Å². The van der Waals surface area contributed by atoms with Crippen molar-refractivity contribution in [3.05, 3.63) is 41.7 Å². The molecular formula is C42H45F6N12O4+. The summed E-state index contributed by atoms with van der Waals surface area (Å²) < 4.78 is 125. The number of aromatic nitrogens is 10. The van der Waals surface area contributed by atoms with Crippen molar-refractivity contribution in [3.63, 3.8) is 0 Å². The van der Waals surface area contributed by atoms with Gasteiger partial charge in [0.05, 0.1) is 52.7 Å². The van der Waals surface area contributed by atoms with Gasteiger partial charge in [-0.15, -0.1) is 0 Å². The second-order valence-corrected chi connectivity index (χ2v) is 18.2. The summed E-state index contributed by atoms with van der Waals surface area (Å²) in [6, 6.07) is 1.40. The largest absolute Gasteiger partial charge is 0.480 e. The summed E-state index contributed by atoms with van der Waals surface area (Å²) in [5.74, 6) is -8.96. The minimum atomic E-state index is -3.28. The first-order valence-electron chi connectivity index (χ1n) is 20.8. The first kappa shape index (κ1) is 41.8. The number of nitrogens with zero attached hydrogens (tertiary/aromatic N) is 12. The van der Waals surface area contributed by atoms with E-state index in [0.717, 1.165) is 9.03 Å². The summed E-state index contributed by atoms with van der Waals surface area (Å²) >= 11 is 0. The zero-order chi connectivity index (χ0) is 45.4. The van der Waals surface area contributed by atoms with E-state index < -0.39 is 53.6 Å². The Labute approximate surface area is 362 Å². The van der Waals surface area contributed by atoms with E-state index >= 15 is 26.3 Å². The van der Waals surface area contributed by atoms with Gasteiger partial charge in [-0.25, -0.2) is 32.5 Å². The lowest BCUT2D eigenvalue weighted by Gasteiger charge is -2.25. The highest BCUT2D eigenvalue weighted by Crippen LogP contribution is 2.53. The number of anilines is 2. The standard InChI is InChI=1S/C42H45F6N12O4/c1-39(2)16-56(18-41(39,45)46)25-13-24(22-14-49-37(63-7)52-34(22)61-5)54-60-32(44)28(21-11-12-21)58(36(25)60)29-27(23-15-50-38(64-8)53-35(23)62-6)55-59-31(43)26(20-9-10-20)51-33(59)30(29)57-17-40(3,4)42(47,48)19-57/h13-15,20-21H,9-12,16-19H2,1-8H3/q+1. The molecule has 0 atom stereocenters. The lowest BCUT2D eigenvalue weighted by molar-refractivity contribution is -0.609. The maximum Gasteiger partial charge on any atom is 0.347 e. The summed E-state index contributed by atoms with van der Waals surface area (Å²) in [4.78, 5) is 24.9. The van der Waals surface area contributed by atoms with Gasteiger partial charge in [-0.2, -0.15) is 32.9 Å². The van der Waals surface area contributed by atoms with Crippen LogP contribution in [0.25, 0.3) is 39.5 Å². The zero-order valence-electron chi connectivity index (χ0n) is 36.3. The lowest BCUT2D eigenvalue weighted by Crippen LogP contribution is -2.34. The minimum absolute atomic E-state index is 0.00865. The van der Waals surface area contributed by atoms with Gasteiger partial charge in [-0.3, -0.25) is 0 Å². The molecule has 64 heavy (non-hydrogen) atoms. The Hall–Kier alpha value is -6.22. The molecule has 6 aromatic heterocycles. The van der Waals surface area contributed by atoms with Crippen LogP contribution in [-0.4, -0.2) is 111 Å². The monoisotopic (exact) mass is 895 g/mol. The molecule has 22 heteroatoms. The summed E-state index contributed by atoms with van der Waals surface area (Å²) in [7, 11) is 5.43. The van der Waals surface area contributed by atoms with E-state index in [-0.39, 0.29) is 105 Å². The highest BCUT2D eigenvalue weighted by atomic mass is 19.3. The lowest BCUT2D eigenvalue weighted by atomic mass is 9.89. The van der Waals surface area contributed by atoms with Gasteiger partial charge in [0.15, 0.2) is 17.0 Å². The molecule has 0 N–H and O–H groups in total. The molecule has 0 spiro atoms. The number of ether oxygens (including phenoxy) is 4. The first-order valence-corrected chi connectivity index (χ1v) is 20.8. The van der Waals surface area contributed by atoms with Gasteiger partial charge in [-0.05, 0) is 25.7 Å². The molecule has 2 saturated carbocycles. The average molecular weight is 896 g/mol. The van der Waals surface area contributed by atoms with Gasteiger partial charge in [0.1, 0.15) is 28.5 Å². The van der Waals surface area contributed by atoms with E-state index in [4.69, 9.17) is 34.1 Å². The van der Waals surface area contributed by atoms with E-state index in [1.807, 2.05) is 0 Å². The minimum Gasteiger partial charge on any atom is -0.480 e. The van der Waals surface area contributed by atoms with Crippen molar-refractivity contribution < 1.29 is 49.8 Å². The van der Waals surface area contributed by atoms with E-state index in [0.29, 0.717) is 25.7 Å². The molecular weight excluding hydrogens is 851 g/mol. The van der Waals surface area contributed by atoms with Crippen molar-refractivity contribution in [1.29, 1.82) is 0 Å². The molecule has 10 rings (SSSR count). The summed E-state index contributed by atoms with van der Waals surface area (Å²) in [6.45, 7) is 3.70. The van der Waals surface area contributed by atoms with Crippen LogP contribution in [0.1, 0.15) is 76.6 Å². The third-order valence-corrected chi connectivity index (χ3v) is 12.9. The third-order valence-electron chi connectivity index (χ3n) is 12.9. The van der Waals surface area contributed by atoms with Crippen LogP contribution in [-0.2, 0) is 0 Å². The molecule has 338 valence electrons. The van der Waals surface area contributed by atoms with Gasteiger partial charge >= 0.3 is 23.6 Å². The SMILES string of the molecule is COc1ncc(-c2cc(N3CC(C)(C)C(F)(F)C3)c3n(-c4c(-c5cnc(OC)nc5OC)nn5c(F)c(C6CC6)nc5c4N4CC(C)(C)C(F)(F)C4)c(C4CC4)c(F)[n+]3n2)c(OC)n1. The normalized spacial score (nSPS) is 19.8. The number of alkyl halides is 4. The van der Waals surface area contributed by atoms with Crippen molar-refractivity contribution in [2.24, 2.45) is 10.8 Å². The number of rotatable bonds is 11. The molecule has 0 radical (unpaired) electrons. The maximum atomic E-state index is 18.0. The fourth-order valence-electron chi connectivity index (χ4n) is 8.85. The van der Waals surface area contributed by atoms with E-state index in [2.05, 4.69) is 19.9 Å². The Kier molecular flexibility index (Phi) is 9.23. The topological polar surface area (TPSA) is 147 Å². The number of halogens is 6. The van der Waals surface area contributed by atoms with Crippen LogP contribution in [0.4, 0.5) is 37.7 Å². The Morgan fingerprint density at radius 3 is 1.78 bits per heavy atom. The highest BCUT2D eigenvalue weighted by Gasteiger charge is 2.58.